The molecule has 0 spiro atoms. The molecule has 9 heteroatoms. The highest BCUT2D eigenvalue weighted by atomic mass is 19.1. The first-order chi connectivity index (χ1) is 17.9. The van der Waals surface area contributed by atoms with E-state index in [1.165, 1.54) is 6.33 Å². The number of carbonyl (C=O) groups is 1. The molecule has 2 aliphatic rings. The van der Waals surface area contributed by atoms with E-state index in [0.717, 1.165) is 50.3 Å². The summed E-state index contributed by atoms with van der Waals surface area (Å²) in [7, 11) is 1.57. The summed E-state index contributed by atoms with van der Waals surface area (Å²) in [6.07, 6.45) is 4.00. The van der Waals surface area contributed by atoms with E-state index in [1.54, 1.807) is 32.2 Å². The van der Waals surface area contributed by atoms with Crippen LogP contribution in [0.4, 0.5) is 4.39 Å². The van der Waals surface area contributed by atoms with Crippen molar-refractivity contribution in [2.45, 2.75) is 20.3 Å². The fourth-order valence-electron chi connectivity index (χ4n) is 4.87. The number of aromatic nitrogens is 2. The summed E-state index contributed by atoms with van der Waals surface area (Å²) in [6.45, 7) is 8.92. The second kappa shape index (κ2) is 10.8. The van der Waals surface area contributed by atoms with E-state index in [2.05, 4.69) is 19.8 Å². The maximum absolute atomic E-state index is 15.1. The predicted octanol–water partition coefficient (Wildman–Crippen LogP) is 4.11. The number of carbonyl (C=O) groups excluding carboxylic acids is 1. The predicted molar refractivity (Wildman–Crippen MR) is 139 cm³/mol. The minimum atomic E-state index is -0.393. The number of ketones is 1. The van der Waals surface area contributed by atoms with Crippen molar-refractivity contribution in [3.8, 4) is 23.1 Å². The Labute approximate surface area is 215 Å². The van der Waals surface area contributed by atoms with E-state index in [9.17, 15) is 4.79 Å². The minimum absolute atomic E-state index is 0.118. The Morgan fingerprint density at radius 1 is 1.05 bits per heavy atom. The Balaban J connectivity index is 1.28. The summed E-state index contributed by atoms with van der Waals surface area (Å²) in [5, 5.41) is 0.597. The number of methoxy groups -OCH3 is 1. The van der Waals surface area contributed by atoms with E-state index in [-0.39, 0.29) is 17.4 Å². The monoisotopic (exact) mass is 506 g/mol. The number of Topliss-reactive ketones (excluding diaryl/α,β-unsaturated/α-hetero) is 1. The normalized spacial score (nSPS) is 15.9. The van der Waals surface area contributed by atoms with Crippen LogP contribution >= 0.6 is 0 Å². The fraction of sp³-hybridized carbons (Fsp3) is 0.393. The number of allylic oxidation sites excluding steroid dienone is 1. The van der Waals surface area contributed by atoms with Gasteiger partial charge in [-0.15, -0.1) is 0 Å². The molecule has 194 valence electrons. The molecule has 0 radical (unpaired) electrons. The van der Waals surface area contributed by atoms with Gasteiger partial charge in [0.15, 0.2) is 23.1 Å². The number of rotatable bonds is 9. The lowest BCUT2D eigenvalue weighted by atomic mass is 10.1. The molecule has 1 fully saturated rings. The summed E-state index contributed by atoms with van der Waals surface area (Å²) in [4.78, 5) is 24.5. The van der Waals surface area contributed by atoms with Gasteiger partial charge in [-0.25, -0.2) is 14.4 Å². The molecule has 1 aromatic heterocycles. The van der Waals surface area contributed by atoms with Crippen LogP contribution in [0.3, 0.4) is 0 Å². The van der Waals surface area contributed by atoms with Crippen LogP contribution in [0.1, 0.15) is 25.0 Å². The van der Waals surface area contributed by atoms with E-state index in [0.29, 0.717) is 41.1 Å². The lowest BCUT2D eigenvalue weighted by Crippen LogP contribution is -2.48. The molecule has 0 N–H and O–H groups in total. The third kappa shape index (κ3) is 5.57. The number of ether oxygens (including phenoxy) is 3. The second-order valence-electron chi connectivity index (χ2n) is 9.59. The van der Waals surface area contributed by atoms with Gasteiger partial charge in [-0.3, -0.25) is 14.6 Å². The summed E-state index contributed by atoms with van der Waals surface area (Å²) in [5.41, 5.74) is 3.25. The number of hydrogen-bond donors (Lipinski definition) is 0. The van der Waals surface area contributed by atoms with E-state index in [4.69, 9.17) is 14.2 Å². The highest BCUT2D eigenvalue weighted by Gasteiger charge is 2.21. The van der Waals surface area contributed by atoms with Gasteiger partial charge >= 0.3 is 0 Å². The summed E-state index contributed by atoms with van der Waals surface area (Å²) < 4.78 is 32.7. The zero-order valence-electron chi connectivity index (χ0n) is 21.4. The highest BCUT2D eigenvalue weighted by Crippen LogP contribution is 2.38. The molecule has 0 unspecified atom stereocenters. The van der Waals surface area contributed by atoms with Crippen molar-refractivity contribution >= 4 is 22.8 Å². The molecule has 37 heavy (non-hydrogen) atoms. The molecule has 0 bridgehead atoms. The molecule has 1 saturated heterocycles. The number of hydrogen-bond acceptors (Lipinski definition) is 8. The molecule has 0 saturated carbocycles. The zero-order valence-corrected chi connectivity index (χ0v) is 21.4. The Bertz CT molecular complexity index is 1350. The summed E-state index contributed by atoms with van der Waals surface area (Å²) in [5.74, 6) is 1.26. The maximum Gasteiger partial charge on any atom is 0.230 e. The second-order valence-corrected chi connectivity index (χ2v) is 9.59. The first-order valence-electron chi connectivity index (χ1n) is 12.5. The number of halogens is 1. The van der Waals surface area contributed by atoms with E-state index in [1.807, 2.05) is 19.1 Å². The zero-order chi connectivity index (χ0) is 25.9. The van der Waals surface area contributed by atoms with Crippen LogP contribution in [0.5, 0.6) is 23.1 Å². The van der Waals surface area contributed by atoms with Gasteiger partial charge in [0.05, 0.1) is 24.6 Å². The van der Waals surface area contributed by atoms with Gasteiger partial charge < -0.3 is 14.2 Å². The molecule has 1 aliphatic heterocycles. The topological polar surface area (TPSA) is 77.0 Å². The molecular formula is C28H31FN4O4. The van der Waals surface area contributed by atoms with Crippen molar-refractivity contribution in [2.24, 2.45) is 0 Å². The lowest BCUT2D eigenvalue weighted by molar-refractivity contribution is -0.118. The molecule has 2 heterocycles. The Morgan fingerprint density at radius 3 is 2.59 bits per heavy atom. The minimum Gasteiger partial charge on any atom is -0.493 e. The highest BCUT2D eigenvalue weighted by molar-refractivity contribution is 5.87. The Kier molecular flexibility index (Phi) is 7.34. The standard InChI is InChI=1S/C28H31FN4O4/c1-18-12-20-4-5-24(27(29)21(20)13-18)37-28-22-14-25(35-3)26(15-23(22)30-17-31-28)36-11-10-32-6-8-33(9-7-32)16-19(2)34/h4-5,13-15,17H,6-12,16H2,1-3H3. The van der Waals surface area contributed by atoms with Crippen LogP contribution in [0.25, 0.3) is 17.0 Å². The molecule has 0 amide bonds. The van der Waals surface area contributed by atoms with Crippen LogP contribution < -0.4 is 14.2 Å². The fourth-order valence-corrected chi connectivity index (χ4v) is 4.87. The molecular weight excluding hydrogens is 475 g/mol. The van der Waals surface area contributed by atoms with Gasteiger partial charge in [0.25, 0.3) is 0 Å². The largest absolute Gasteiger partial charge is 0.493 e. The quantitative estimate of drug-likeness (QED) is 0.429. The lowest BCUT2D eigenvalue weighted by Gasteiger charge is -2.34. The maximum atomic E-state index is 15.1. The van der Waals surface area contributed by atoms with Gasteiger partial charge in [0.1, 0.15) is 18.7 Å². The van der Waals surface area contributed by atoms with Crippen molar-refractivity contribution in [1.29, 1.82) is 0 Å². The first kappa shape index (κ1) is 25.1. The average Bonchev–Trinajstić information content (AvgIpc) is 3.27. The van der Waals surface area contributed by atoms with Gasteiger partial charge in [-0.05, 0) is 38.0 Å². The van der Waals surface area contributed by atoms with Crippen molar-refractivity contribution in [3.05, 3.63) is 53.1 Å². The molecule has 0 atom stereocenters. The van der Waals surface area contributed by atoms with Gasteiger partial charge in [0, 0.05) is 44.4 Å². The van der Waals surface area contributed by atoms with Crippen LogP contribution in [0.15, 0.2) is 36.2 Å². The smallest absolute Gasteiger partial charge is 0.230 e. The average molecular weight is 507 g/mol. The number of piperazine rings is 1. The molecule has 3 aromatic rings. The Hall–Kier alpha value is -3.56. The van der Waals surface area contributed by atoms with Crippen LogP contribution in [-0.2, 0) is 11.2 Å². The van der Waals surface area contributed by atoms with Crippen LogP contribution in [0.2, 0.25) is 0 Å². The van der Waals surface area contributed by atoms with Gasteiger partial charge in [-0.1, -0.05) is 17.7 Å². The van der Waals surface area contributed by atoms with Crippen molar-refractivity contribution < 1.29 is 23.4 Å². The van der Waals surface area contributed by atoms with E-state index >= 15 is 4.39 Å². The van der Waals surface area contributed by atoms with Crippen molar-refractivity contribution in [1.82, 2.24) is 19.8 Å². The molecule has 1 aliphatic carbocycles. The van der Waals surface area contributed by atoms with Crippen LogP contribution in [-0.4, -0.2) is 78.5 Å². The molecule has 2 aromatic carbocycles. The third-order valence-electron chi connectivity index (χ3n) is 6.76. The summed E-state index contributed by atoms with van der Waals surface area (Å²) in [6, 6.07) is 7.08. The summed E-state index contributed by atoms with van der Waals surface area (Å²) >= 11 is 0. The van der Waals surface area contributed by atoms with Crippen molar-refractivity contribution in [3.63, 3.8) is 0 Å². The number of nitrogens with zero attached hydrogens (tertiary/aromatic N) is 4. The van der Waals surface area contributed by atoms with Crippen molar-refractivity contribution in [2.75, 3.05) is 53.0 Å². The molecule has 8 nitrogen and oxygen atoms in total. The third-order valence-corrected chi connectivity index (χ3v) is 6.76. The molecule has 5 rings (SSSR count). The van der Waals surface area contributed by atoms with Gasteiger partial charge in [-0.2, -0.15) is 0 Å². The van der Waals surface area contributed by atoms with Crippen LogP contribution in [0, 0.1) is 5.82 Å². The number of benzene rings is 2. The Morgan fingerprint density at radius 2 is 1.84 bits per heavy atom. The van der Waals surface area contributed by atoms with E-state index < -0.39 is 5.82 Å². The first-order valence-corrected chi connectivity index (χ1v) is 12.5. The SMILES string of the molecule is COc1cc2c(Oc3ccc4c(c3F)C=C(C)C4)ncnc2cc1OCCN1CCN(CC(C)=O)CC1. The number of fused-ring (bicyclic) bond motifs is 2. The van der Waals surface area contributed by atoms with Gasteiger partial charge in [0.2, 0.25) is 5.88 Å².